The van der Waals surface area contributed by atoms with Gasteiger partial charge in [-0.15, -0.1) is 0 Å². The summed E-state index contributed by atoms with van der Waals surface area (Å²) in [7, 11) is 1.31. The number of Topliss-reactive ketones (excluding diaryl/α,β-unsaturated/α-hetero) is 2. The van der Waals surface area contributed by atoms with Crippen molar-refractivity contribution in [1.29, 1.82) is 0 Å². The molecule has 0 radical (unpaired) electrons. The minimum Gasteiger partial charge on any atom is -0.572 e. The van der Waals surface area contributed by atoms with Crippen molar-refractivity contribution in [3.63, 3.8) is 0 Å². The molecule has 0 saturated heterocycles. The molecule has 9 unspecified atom stereocenters. The number of rotatable bonds is 6. The van der Waals surface area contributed by atoms with Gasteiger partial charge in [-0.2, -0.15) is 5.10 Å². The van der Waals surface area contributed by atoms with Crippen LogP contribution in [0, 0.1) is 38.9 Å². The van der Waals surface area contributed by atoms with Gasteiger partial charge in [0.1, 0.15) is 17.3 Å². The van der Waals surface area contributed by atoms with Crippen molar-refractivity contribution in [2.45, 2.75) is 168 Å². The fourth-order valence-corrected chi connectivity index (χ4v) is 20.1. The number of hydrogen-bond acceptors (Lipinski definition) is 17. The molecule has 8 bridgehead atoms. The van der Waals surface area contributed by atoms with Crippen molar-refractivity contribution in [3.8, 4) is 34.6 Å². The summed E-state index contributed by atoms with van der Waals surface area (Å²) >= 11 is 0. The Morgan fingerprint density at radius 2 is 0.794 bits per heavy atom. The van der Waals surface area contributed by atoms with Crippen LogP contribution in [0.25, 0.3) is 89.1 Å². The smallest absolute Gasteiger partial charge is 0.572 e. The standard InChI is InChI=1S/C19H20N4.2C19H19N4.C19H20N2O2.C10H8N2O2.Pt/c3*1-18(2)12-8-9-19(18,3)16-14(12)15(22-23-16)17-20-10-11-6-4-5-7-13(11)21-17;1-18(2)12-8-9-19(18,3)16(23)14(12)15(22)17-20-10-11-6-4-5-7-13(11)21-17;1-14-10(13)9-11-6-7-4-2-3-5-8(7)12-9;/h4-7,10,12H,8-9H2,1-3H3,(H,22,23);2*4-7,10,12H,8-9H2,1-3H3;4-7,10,12,14H,8-9H2,1-3H3;2-6H,1H3;/q;2*-1;;;+2. The number of aromatic amines is 1. The van der Waals surface area contributed by atoms with Crippen molar-refractivity contribution < 1.29 is 40.2 Å². The molecule has 13 aromatic rings. The largest absolute Gasteiger partial charge is 2.00 e. The predicted octanol–water partition coefficient (Wildman–Crippen LogP) is 16.7. The van der Waals surface area contributed by atoms with E-state index in [2.05, 4.69) is 146 Å². The second kappa shape index (κ2) is 25.6. The number of H-pyrrole nitrogens is 1. The average molecular weight is 1600 g/mol. The molecule has 0 spiro atoms. The van der Waals surface area contributed by atoms with Crippen LogP contribution in [0.1, 0.15) is 207 Å². The summed E-state index contributed by atoms with van der Waals surface area (Å²) in [4.78, 5) is 81.5. The number of methoxy groups -OCH3 is 1. The van der Waals surface area contributed by atoms with Gasteiger partial charge in [-0.05, 0) is 138 Å². The van der Waals surface area contributed by atoms with Crippen molar-refractivity contribution in [1.82, 2.24) is 80.4 Å². The van der Waals surface area contributed by atoms with E-state index in [9.17, 15) is 14.4 Å². The SMILES string of the molecule is CC12CCC(C(C(=O)c3ncc4ccccc4n3)C1=O)C2(C)C.CC12CCC(c3c(-c4ncc5ccccc5n4)n[nH]c31)C2(C)C.CC12CCC(c3c1n[n-]c3-c1ncc3ccccc3n1)C2(C)C.CC12CCC(c3c1n[n-]c3-c1ncc3ccccc3n1)C2(C)C.COC(=O)c1ncc2ccccc2n1.[Pt+2]. The Morgan fingerprint density at radius 3 is 1.23 bits per heavy atom. The summed E-state index contributed by atoms with van der Waals surface area (Å²) in [5.74, 6) is 2.89. The summed E-state index contributed by atoms with van der Waals surface area (Å²) in [6, 6.07) is 39.3. The van der Waals surface area contributed by atoms with Crippen LogP contribution in [0.15, 0.2) is 152 Å². The zero-order chi connectivity index (χ0) is 73.8. The van der Waals surface area contributed by atoms with Crippen LogP contribution in [0.5, 0.6) is 0 Å². The third kappa shape index (κ3) is 10.6. The normalized spacial score (nSPS) is 25.9. The number of para-hydroxylation sites is 5. The number of carbonyl (C=O) groups is 3. The maximum absolute atomic E-state index is 13.0. The third-order valence-electron chi connectivity index (χ3n) is 28.1. The van der Waals surface area contributed by atoms with Gasteiger partial charge in [0, 0.05) is 102 Å². The number of esters is 1. The van der Waals surface area contributed by atoms with Crippen LogP contribution >= 0.6 is 0 Å². The van der Waals surface area contributed by atoms with Gasteiger partial charge in [0.2, 0.25) is 11.6 Å². The first-order valence-corrected chi connectivity index (χ1v) is 37.2. The molecule has 5 aromatic carbocycles. The molecule has 5 fully saturated rings. The number of benzene rings is 5. The van der Waals surface area contributed by atoms with Gasteiger partial charge < -0.3 is 25.1 Å². The van der Waals surface area contributed by atoms with Gasteiger partial charge in [0.05, 0.1) is 40.6 Å². The molecular formula is C86H86N16O4Pt. The number of aromatic nitrogens is 16. The van der Waals surface area contributed by atoms with Crippen LogP contribution in [0.4, 0.5) is 0 Å². The van der Waals surface area contributed by atoms with E-state index in [1.165, 1.54) is 79.4 Å². The molecule has 21 rings (SSSR count). The predicted molar refractivity (Wildman–Crippen MR) is 406 cm³/mol. The molecule has 21 heteroatoms. The van der Waals surface area contributed by atoms with Crippen molar-refractivity contribution in [2.75, 3.05) is 7.11 Å². The molecule has 9 atom stereocenters. The minimum atomic E-state index is -0.579. The molecule has 107 heavy (non-hydrogen) atoms. The molecule has 0 aliphatic heterocycles. The van der Waals surface area contributed by atoms with E-state index in [-0.39, 0.29) is 88.1 Å². The van der Waals surface area contributed by atoms with E-state index in [1.807, 2.05) is 147 Å². The van der Waals surface area contributed by atoms with E-state index in [0.717, 1.165) is 90.3 Å². The maximum atomic E-state index is 13.0. The first-order chi connectivity index (χ1) is 50.7. The Balaban J connectivity index is 0.000000103. The summed E-state index contributed by atoms with van der Waals surface area (Å²) < 4.78 is 4.52. The Morgan fingerprint density at radius 1 is 0.430 bits per heavy atom. The van der Waals surface area contributed by atoms with Gasteiger partial charge in [0.15, 0.2) is 17.4 Å². The summed E-state index contributed by atoms with van der Waals surface area (Å²) in [6.45, 7) is 27.6. The molecular weight excluding hydrogens is 1520 g/mol. The van der Waals surface area contributed by atoms with Crippen molar-refractivity contribution >= 4 is 72.1 Å². The quantitative estimate of drug-likeness (QED) is 0.0920. The second-order valence-electron chi connectivity index (χ2n) is 33.6. The Kier molecular flexibility index (Phi) is 17.0. The topological polar surface area (TPSA) is 272 Å². The van der Waals surface area contributed by atoms with Gasteiger partial charge in [0.25, 0.3) is 0 Å². The first-order valence-electron chi connectivity index (χ1n) is 37.2. The van der Waals surface area contributed by atoms with E-state index in [4.69, 9.17) is 15.0 Å². The van der Waals surface area contributed by atoms with Gasteiger partial charge in [-0.1, -0.05) is 185 Å². The molecule has 8 aliphatic carbocycles. The van der Waals surface area contributed by atoms with Crippen LogP contribution in [-0.2, 0) is 46.8 Å². The second-order valence-corrected chi connectivity index (χ2v) is 33.6. The third-order valence-corrected chi connectivity index (χ3v) is 28.1. The number of nitrogens with zero attached hydrogens (tertiary/aromatic N) is 15. The van der Waals surface area contributed by atoms with Crippen LogP contribution in [0.3, 0.4) is 0 Å². The molecule has 8 heterocycles. The number of nitrogens with one attached hydrogen (secondary N) is 1. The number of hydrogen-bond donors (Lipinski definition) is 1. The zero-order valence-corrected chi connectivity index (χ0v) is 64.9. The fourth-order valence-electron chi connectivity index (χ4n) is 20.1. The molecule has 8 aromatic heterocycles. The summed E-state index contributed by atoms with van der Waals surface area (Å²) in [5, 5.41) is 31.1. The molecule has 8 aliphatic rings. The minimum absolute atomic E-state index is 0. The van der Waals surface area contributed by atoms with Gasteiger partial charge >= 0.3 is 27.0 Å². The van der Waals surface area contributed by atoms with Gasteiger partial charge in [-0.3, -0.25) is 14.7 Å². The van der Waals surface area contributed by atoms with E-state index < -0.39 is 17.3 Å². The van der Waals surface area contributed by atoms with E-state index in [0.29, 0.717) is 29.4 Å². The molecule has 5 saturated carbocycles. The Hall–Kier alpha value is -10.1. The Bertz CT molecular complexity index is 5390. The number of carbonyl (C=O) groups excluding carboxylic acids is 3. The molecule has 20 nitrogen and oxygen atoms in total. The summed E-state index contributed by atoms with van der Waals surface area (Å²) in [6.07, 6.45) is 18.1. The van der Waals surface area contributed by atoms with Crippen molar-refractivity contribution in [3.05, 3.63) is 198 Å². The van der Waals surface area contributed by atoms with Crippen LogP contribution in [0.2, 0.25) is 0 Å². The maximum Gasteiger partial charge on any atom is 2.00 e. The Labute approximate surface area is 635 Å². The monoisotopic (exact) mass is 1600 g/mol. The molecule has 0 amide bonds. The first kappa shape index (κ1) is 71.2. The average Bonchev–Trinajstić information content (AvgIpc) is 1.53. The zero-order valence-electron chi connectivity index (χ0n) is 62.6. The van der Waals surface area contributed by atoms with E-state index in [1.54, 1.807) is 12.4 Å². The number of ketones is 2. The van der Waals surface area contributed by atoms with Gasteiger partial charge in [-0.25, -0.2) is 54.6 Å². The molecule has 1 N–H and O–H groups in total. The number of ether oxygens (including phenoxy) is 1. The van der Waals surface area contributed by atoms with E-state index >= 15 is 0 Å². The van der Waals surface area contributed by atoms with Crippen molar-refractivity contribution in [2.24, 2.45) is 38.9 Å². The summed E-state index contributed by atoms with van der Waals surface area (Å²) in [5.41, 5.74) is 15.4. The molecule has 544 valence electrons. The number of fused-ring (bicyclic) bond motifs is 22. The fraction of sp³-hybridized carbons (Fsp3) is 0.395. The van der Waals surface area contributed by atoms with Crippen LogP contribution in [-0.4, -0.2) is 94.9 Å². The van der Waals surface area contributed by atoms with Crippen LogP contribution < -0.4 is 10.2 Å².